The fourth-order valence-electron chi connectivity index (χ4n) is 1.77. The average molecular weight is 296 g/mol. The first-order valence-electron chi connectivity index (χ1n) is 5.85. The number of aliphatic hydroxyl groups is 1. The highest BCUT2D eigenvalue weighted by Gasteiger charge is 2.24. The van der Waals surface area contributed by atoms with Gasteiger partial charge in [-0.3, -0.25) is 10.1 Å². The summed E-state index contributed by atoms with van der Waals surface area (Å²) in [7, 11) is 1.62. The second-order valence-corrected chi connectivity index (χ2v) is 5.37. The molecule has 0 aliphatic carbocycles. The Bertz CT molecular complexity index is 642. The molecule has 20 heavy (non-hydrogen) atoms. The van der Waals surface area contributed by atoms with Gasteiger partial charge in [-0.15, -0.1) is 11.3 Å². The van der Waals surface area contributed by atoms with Crippen molar-refractivity contribution in [1.29, 1.82) is 0 Å². The second-order valence-electron chi connectivity index (χ2n) is 4.31. The van der Waals surface area contributed by atoms with E-state index in [2.05, 4.69) is 0 Å². The number of benzene rings is 1. The molecule has 0 bridgehead atoms. The molecule has 1 aromatic carbocycles. The van der Waals surface area contributed by atoms with E-state index in [9.17, 15) is 19.6 Å². The van der Waals surface area contributed by atoms with Crippen LogP contribution in [0.25, 0.3) is 0 Å². The van der Waals surface area contributed by atoms with Gasteiger partial charge in [0.15, 0.2) is 5.00 Å². The lowest BCUT2D eigenvalue weighted by Crippen LogP contribution is -2.09. The maximum atomic E-state index is 13.2. The number of rotatable bonds is 4. The number of halogens is 1. The first kappa shape index (κ1) is 14.4. The number of hydrogen-bond donors (Lipinski definition) is 1. The summed E-state index contributed by atoms with van der Waals surface area (Å²) in [5.41, 5.74) is 0.407. The Hall–Kier alpha value is -1.99. The predicted octanol–water partition coefficient (Wildman–Crippen LogP) is 3.62. The van der Waals surface area contributed by atoms with E-state index in [-0.39, 0.29) is 5.69 Å². The highest BCUT2D eigenvalue weighted by Crippen LogP contribution is 2.42. The standard InChI is InChI=1S/C13H13FN2O3S/c1-8(17)12-7-11(16(18)19)13(20-12)15(2)10-5-3-4-9(14)6-10/h3-8,17H,1-2H3. The Morgan fingerprint density at radius 2 is 2.15 bits per heavy atom. The minimum absolute atomic E-state index is 0.0994. The van der Waals surface area contributed by atoms with E-state index in [1.807, 2.05) is 0 Å². The van der Waals surface area contributed by atoms with Crippen molar-refractivity contribution >= 4 is 27.7 Å². The number of nitro groups is 1. The van der Waals surface area contributed by atoms with Gasteiger partial charge in [0.05, 0.1) is 11.0 Å². The molecule has 0 fully saturated rings. The van der Waals surface area contributed by atoms with Gasteiger partial charge < -0.3 is 10.0 Å². The van der Waals surface area contributed by atoms with Crippen molar-refractivity contribution < 1.29 is 14.4 Å². The first-order valence-corrected chi connectivity index (χ1v) is 6.67. The summed E-state index contributed by atoms with van der Waals surface area (Å²) >= 11 is 1.12. The van der Waals surface area contributed by atoms with Gasteiger partial charge in [0, 0.05) is 23.7 Å². The van der Waals surface area contributed by atoms with Gasteiger partial charge in [0.2, 0.25) is 0 Å². The number of hydrogen-bond acceptors (Lipinski definition) is 5. The lowest BCUT2D eigenvalue weighted by molar-refractivity contribution is -0.383. The molecule has 7 heteroatoms. The van der Waals surface area contributed by atoms with Crippen molar-refractivity contribution in [3.05, 3.63) is 51.1 Å². The molecular weight excluding hydrogens is 283 g/mol. The fourth-order valence-corrected chi connectivity index (χ4v) is 2.81. The summed E-state index contributed by atoms with van der Waals surface area (Å²) in [5.74, 6) is -0.413. The summed E-state index contributed by atoms with van der Waals surface area (Å²) in [6.07, 6.45) is -0.784. The summed E-state index contributed by atoms with van der Waals surface area (Å²) in [4.78, 5) is 12.6. The third-order valence-corrected chi connectivity index (χ3v) is 4.19. The lowest BCUT2D eigenvalue weighted by Gasteiger charge is -2.16. The minimum atomic E-state index is -0.784. The van der Waals surface area contributed by atoms with Crippen LogP contribution in [-0.4, -0.2) is 17.1 Å². The molecule has 0 aliphatic heterocycles. The Labute approximate surface area is 119 Å². The highest BCUT2D eigenvalue weighted by molar-refractivity contribution is 7.16. The minimum Gasteiger partial charge on any atom is -0.388 e. The van der Waals surface area contributed by atoms with Gasteiger partial charge in [-0.2, -0.15) is 0 Å². The van der Waals surface area contributed by atoms with Crippen molar-refractivity contribution in [3.8, 4) is 0 Å². The van der Waals surface area contributed by atoms with Crippen LogP contribution >= 0.6 is 11.3 Å². The van der Waals surface area contributed by atoms with E-state index < -0.39 is 16.8 Å². The van der Waals surface area contributed by atoms with Gasteiger partial charge in [0.1, 0.15) is 5.82 Å². The average Bonchev–Trinajstić information content (AvgIpc) is 2.83. The van der Waals surface area contributed by atoms with Crippen LogP contribution in [0.2, 0.25) is 0 Å². The molecule has 5 nitrogen and oxygen atoms in total. The molecule has 0 saturated heterocycles. The van der Waals surface area contributed by atoms with Gasteiger partial charge in [-0.25, -0.2) is 4.39 Å². The number of anilines is 2. The Morgan fingerprint density at radius 1 is 1.45 bits per heavy atom. The molecule has 0 aliphatic rings. The zero-order valence-electron chi connectivity index (χ0n) is 10.9. The molecule has 0 amide bonds. The molecule has 2 rings (SSSR count). The molecule has 1 heterocycles. The smallest absolute Gasteiger partial charge is 0.304 e. The molecule has 1 atom stereocenters. The topological polar surface area (TPSA) is 66.6 Å². The molecule has 0 spiro atoms. The molecule has 0 radical (unpaired) electrons. The maximum Gasteiger partial charge on any atom is 0.304 e. The van der Waals surface area contributed by atoms with Crippen molar-refractivity contribution in [1.82, 2.24) is 0 Å². The summed E-state index contributed by atoms with van der Waals surface area (Å²) in [5, 5.41) is 21.0. The fraction of sp³-hybridized carbons (Fsp3) is 0.231. The molecule has 2 aromatic rings. The van der Waals surface area contributed by atoms with Crippen molar-refractivity contribution in [3.63, 3.8) is 0 Å². The molecule has 106 valence electrons. The zero-order valence-corrected chi connectivity index (χ0v) is 11.7. The van der Waals surface area contributed by atoms with E-state index in [1.54, 1.807) is 20.0 Å². The van der Waals surface area contributed by atoms with E-state index in [4.69, 9.17) is 0 Å². The van der Waals surface area contributed by atoms with Gasteiger partial charge in [0.25, 0.3) is 0 Å². The van der Waals surface area contributed by atoms with Gasteiger partial charge in [-0.1, -0.05) is 6.07 Å². The summed E-state index contributed by atoms with van der Waals surface area (Å²) in [6.45, 7) is 1.54. The predicted molar refractivity (Wildman–Crippen MR) is 76.1 cm³/mol. The highest BCUT2D eigenvalue weighted by atomic mass is 32.1. The largest absolute Gasteiger partial charge is 0.388 e. The Morgan fingerprint density at radius 3 is 2.70 bits per heavy atom. The molecule has 0 saturated carbocycles. The first-order chi connectivity index (χ1) is 9.40. The molecule has 1 unspecified atom stereocenters. The van der Waals surface area contributed by atoms with Crippen molar-refractivity contribution in [2.24, 2.45) is 0 Å². The monoisotopic (exact) mass is 296 g/mol. The van der Waals surface area contributed by atoms with Gasteiger partial charge >= 0.3 is 5.69 Å². The van der Waals surface area contributed by atoms with E-state index >= 15 is 0 Å². The van der Waals surface area contributed by atoms with Crippen LogP contribution in [0.1, 0.15) is 17.9 Å². The number of thiophene rings is 1. The quantitative estimate of drug-likeness (QED) is 0.691. The van der Waals surface area contributed by atoms with E-state index in [0.29, 0.717) is 15.6 Å². The van der Waals surface area contributed by atoms with Crippen LogP contribution < -0.4 is 4.90 Å². The van der Waals surface area contributed by atoms with Gasteiger partial charge in [-0.05, 0) is 25.1 Å². The van der Waals surface area contributed by atoms with Crippen LogP contribution in [0.4, 0.5) is 20.8 Å². The van der Waals surface area contributed by atoms with Crippen molar-refractivity contribution in [2.75, 3.05) is 11.9 Å². The van der Waals surface area contributed by atoms with Crippen molar-refractivity contribution in [2.45, 2.75) is 13.0 Å². The van der Waals surface area contributed by atoms with Crippen LogP contribution in [0.15, 0.2) is 30.3 Å². The van der Waals surface area contributed by atoms with E-state index in [0.717, 1.165) is 11.3 Å². The third-order valence-electron chi connectivity index (χ3n) is 2.82. The second kappa shape index (κ2) is 5.56. The number of aliphatic hydroxyl groups excluding tert-OH is 1. The Balaban J connectivity index is 2.48. The number of nitrogens with zero attached hydrogens (tertiary/aromatic N) is 2. The van der Waals surface area contributed by atoms with Crippen LogP contribution in [0.3, 0.4) is 0 Å². The van der Waals surface area contributed by atoms with Crippen LogP contribution in [0.5, 0.6) is 0 Å². The lowest BCUT2D eigenvalue weighted by atomic mass is 10.3. The normalized spacial score (nSPS) is 12.2. The third kappa shape index (κ3) is 2.78. The summed E-state index contributed by atoms with van der Waals surface area (Å²) in [6, 6.07) is 7.15. The summed E-state index contributed by atoms with van der Waals surface area (Å²) < 4.78 is 13.2. The zero-order chi connectivity index (χ0) is 14.9. The SMILES string of the molecule is CC(O)c1cc([N+](=O)[O-])c(N(C)c2cccc(F)c2)s1. The van der Waals surface area contributed by atoms with Crippen LogP contribution in [-0.2, 0) is 0 Å². The molecular formula is C13H13FN2O3S. The molecule has 1 N–H and O–H groups in total. The van der Waals surface area contributed by atoms with E-state index in [1.165, 1.54) is 29.2 Å². The Kier molecular flexibility index (Phi) is 4.01. The molecule has 1 aromatic heterocycles. The maximum absolute atomic E-state index is 13.2. The van der Waals surface area contributed by atoms with Crippen LogP contribution in [0, 0.1) is 15.9 Å².